The van der Waals surface area contributed by atoms with Gasteiger partial charge in [-0.25, -0.2) is 9.98 Å². The van der Waals surface area contributed by atoms with E-state index in [-0.39, 0.29) is 24.0 Å². The summed E-state index contributed by atoms with van der Waals surface area (Å²) in [4.78, 5) is 10.2. The van der Waals surface area contributed by atoms with Crippen LogP contribution < -0.4 is 10.6 Å². The van der Waals surface area contributed by atoms with Crippen LogP contribution in [0, 0.1) is 13.8 Å². The Bertz CT molecular complexity index is 715. The van der Waals surface area contributed by atoms with Gasteiger partial charge in [-0.2, -0.15) is 0 Å². The third-order valence-corrected chi connectivity index (χ3v) is 5.02. The van der Waals surface area contributed by atoms with Crippen LogP contribution in [0.15, 0.2) is 23.2 Å². The van der Waals surface area contributed by atoms with E-state index in [1.54, 1.807) is 29.5 Å². The molecule has 0 saturated carbocycles. The molecule has 1 aromatic carbocycles. The van der Waals surface area contributed by atoms with Crippen molar-refractivity contribution in [3.05, 3.63) is 49.4 Å². The topological polar surface area (TPSA) is 69.5 Å². The van der Waals surface area contributed by atoms with Crippen molar-refractivity contribution in [2.45, 2.75) is 33.4 Å². The molecule has 2 rings (SSSR count). The third-order valence-electron chi connectivity index (χ3n) is 3.52. The van der Waals surface area contributed by atoms with E-state index in [4.69, 9.17) is 23.2 Å². The molecule has 0 amide bonds. The van der Waals surface area contributed by atoms with Crippen molar-refractivity contribution < 1.29 is 5.11 Å². The number of aryl methyl sites for hydroxylation is 2. The Kier molecular flexibility index (Phi) is 10.2. The molecule has 0 bridgehead atoms. The van der Waals surface area contributed by atoms with Gasteiger partial charge in [-0.1, -0.05) is 23.2 Å². The lowest BCUT2D eigenvalue weighted by atomic mass is 10.1. The summed E-state index contributed by atoms with van der Waals surface area (Å²) in [6.07, 6.45) is -0.746. The summed E-state index contributed by atoms with van der Waals surface area (Å²) in [7, 11) is 0. The molecule has 0 fully saturated rings. The van der Waals surface area contributed by atoms with E-state index in [1.165, 1.54) is 4.88 Å². The molecule has 0 aliphatic carbocycles. The summed E-state index contributed by atoms with van der Waals surface area (Å²) in [6.45, 7) is 7.54. The van der Waals surface area contributed by atoms with Crippen LogP contribution in [0.1, 0.15) is 34.2 Å². The highest BCUT2D eigenvalue weighted by Crippen LogP contribution is 2.23. The van der Waals surface area contributed by atoms with Crippen LogP contribution in [-0.2, 0) is 6.54 Å². The highest BCUT2D eigenvalue weighted by molar-refractivity contribution is 14.0. The number of hydrogen-bond acceptors (Lipinski definition) is 4. The average Bonchev–Trinajstić information content (AvgIpc) is 2.87. The molecule has 1 unspecified atom stereocenters. The molecular weight excluding hydrogens is 506 g/mol. The Morgan fingerprint density at radius 1 is 1.23 bits per heavy atom. The number of aromatic nitrogens is 1. The summed E-state index contributed by atoms with van der Waals surface area (Å²) in [6, 6.07) is 5.03. The van der Waals surface area contributed by atoms with Crippen LogP contribution in [-0.4, -0.2) is 29.1 Å². The number of thiazole rings is 1. The Labute approximate surface area is 185 Å². The first-order chi connectivity index (χ1) is 11.9. The van der Waals surface area contributed by atoms with Gasteiger partial charge in [0.25, 0.3) is 0 Å². The van der Waals surface area contributed by atoms with E-state index in [2.05, 4.69) is 27.5 Å². The first-order valence-corrected chi connectivity index (χ1v) is 9.55. The molecule has 0 aliphatic heterocycles. The van der Waals surface area contributed by atoms with E-state index in [9.17, 15) is 5.11 Å². The molecule has 144 valence electrons. The van der Waals surface area contributed by atoms with Crippen molar-refractivity contribution in [3.8, 4) is 0 Å². The minimum Gasteiger partial charge on any atom is -0.387 e. The predicted octanol–water partition coefficient (Wildman–Crippen LogP) is 4.47. The molecule has 0 saturated heterocycles. The highest BCUT2D eigenvalue weighted by atomic mass is 127. The van der Waals surface area contributed by atoms with Gasteiger partial charge in [-0.05, 0) is 44.5 Å². The first kappa shape index (κ1) is 23.4. The third kappa shape index (κ3) is 7.19. The number of benzene rings is 1. The van der Waals surface area contributed by atoms with E-state index in [0.717, 1.165) is 17.2 Å². The number of rotatable bonds is 6. The van der Waals surface area contributed by atoms with Crippen molar-refractivity contribution in [1.29, 1.82) is 0 Å². The smallest absolute Gasteiger partial charge is 0.191 e. The number of guanidine groups is 1. The number of aliphatic hydroxyl groups is 1. The fourth-order valence-corrected chi connectivity index (χ4v) is 3.58. The second-order valence-electron chi connectivity index (χ2n) is 5.54. The first-order valence-electron chi connectivity index (χ1n) is 7.98. The molecule has 26 heavy (non-hydrogen) atoms. The second-order valence-corrected chi connectivity index (χ2v) is 7.70. The van der Waals surface area contributed by atoms with Crippen molar-refractivity contribution >= 4 is 64.5 Å². The molecule has 1 aromatic heterocycles. The number of halogens is 3. The van der Waals surface area contributed by atoms with Gasteiger partial charge in [0.1, 0.15) is 5.01 Å². The molecule has 5 nitrogen and oxygen atoms in total. The van der Waals surface area contributed by atoms with Crippen molar-refractivity contribution in [1.82, 2.24) is 15.6 Å². The molecule has 0 aliphatic rings. The lowest BCUT2D eigenvalue weighted by Gasteiger charge is -2.16. The predicted molar refractivity (Wildman–Crippen MR) is 121 cm³/mol. The van der Waals surface area contributed by atoms with Crippen LogP contribution in [0.4, 0.5) is 0 Å². The van der Waals surface area contributed by atoms with Gasteiger partial charge in [0, 0.05) is 28.0 Å². The Hall–Kier alpha value is -0.610. The van der Waals surface area contributed by atoms with Gasteiger partial charge in [0.2, 0.25) is 0 Å². The molecule has 3 N–H and O–H groups in total. The van der Waals surface area contributed by atoms with Gasteiger partial charge in [-0.3, -0.25) is 0 Å². The fraction of sp³-hybridized carbons (Fsp3) is 0.412. The summed E-state index contributed by atoms with van der Waals surface area (Å²) >= 11 is 13.6. The maximum Gasteiger partial charge on any atom is 0.191 e. The zero-order valence-electron chi connectivity index (χ0n) is 14.8. The van der Waals surface area contributed by atoms with E-state index < -0.39 is 6.10 Å². The zero-order chi connectivity index (χ0) is 18.4. The number of hydrogen-bond donors (Lipinski definition) is 3. The van der Waals surface area contributed by atoms with Gasteiger partial charge in [0.05, 0.1) is 18.3 Å². The number of aliphatic hydroxyl groups excluding tert-OH is 1. The van der Waals surface area contributed by atoms with Crippen LogP contribution in [0.5, 0.6) is 0 Å². The summed E-state index contributed by atoms with van der Waals surface area (Å²) in [5, 5.41) is 18.6. The zero-order valence-corrected chi connectivity index (χ0v) is 19.5. The second kappa shape index (κ2) is 11.3. The standard InChI is InChI=1S/C17H22Cl2N4OS.HI/c1-4-20-17(22-9-16-23-10(2)11(3)25-16)21-8-15(24)12-5-13(18)7-14(19)6-12;/h5-7,15,24H,4,8-9H2,1-3H3,(H2,20,21,22);1H. The number of aliphatic imine (C=N–C) groups is 1. The summed E-state index contributed by atoms with van der Waals surface area (Å²) in [5.41, 5.74) is 1.70. The molecule has 1 atom stereocenters. The van der Waals surface area contributed by atoms with Crippen molar-refractivity contribution in [3.63, 3.8) is 0 Å². The van der Waals surface area contributed by atoms with Gasteiger partial charge in [0.15, 0.2) is 5.96 Å². The highest BCUT2D eigenvalue weighted by Gasteiger charge is 2.11. The molecule has 9 heteroatoms. The number of nitrogens with one attached hydrogen (secondary N) is 2. The Morgan fingerprint density at radius 3 is 2.42 bits per heavy atom. The monoisotopic (exact) mass is 528 g/mol. The van der Waals surface area contributed by atoms with E-state index >= 15 is 0 Å². The maximum atomic E-state index is 10.3. The van der Waals surface area contributed by atoms with E-state index in [1.807, 2.05) is 13.8 Å². The lowest BCUT2D eigenvalue weighted by Crippen LogP contribution is -2.39. The number of nitrogens with zero attached hydrogens (tertiary/aromatic N) is 2. The molecule has 0 radical (unpaired) electrons. The minimum atomic E-state index is -0.746. The van der Waals surface area contributed by atoms with Crippen molar-refractivity contribution in [2.75, 3.05) is 13.1 Å². The fourth-order valence-electron chi connectivity index (χ4n) is 2.17. The SMILES string of the molecule is CCNC(=NCc1nc(C)c(C)s1)NCC(O)c1cc(Cl)cc(Cl)c1.I. The van der Waals surface area contributed by atoms with Crippen LogP contribution in [0.3, 0.4) is 0 Å². The normalized spacial score (nSPS) is 12.5. The van der Waals surface area contributed by atoms with Crippen LogP contribution in [0.2, 0.25) is 10.0 Å². The Morgan fingerprint density at radius 2 is 1.88 bits per heavy atom. The van der Waals surface area contributed by atoms with E-state index in [0.29, 0.717) is 34.7 Å². The summed E-state index contributed by atoms with van der Waals surface area (Å²) < 4.78 is 0. The molecular formula is C17H23Cl2IN4OS. The van der Waals surface area contributed by atoms with Gasteiger partial charge in [-0.15, -0.1) is 35.3 Å². The maximum absolute atomic E-state index is 10.3. The van der Waals surface area contributed by atoms with Gasteiger partial charge < -0.3 is 15.7 Å². The van der Waals surface area contributed by atoms with Crippen LogP contribution >= 0.6 is 58.5 Å². The average molecular weight is 529 g/mol. The Balaban J connectivity index is 0.00000338. The van der Waals surface area contributed by atoms with Crippen LogP contribution in [0.25, 0.3) is 0 Å². The minimum absolute atomic E-state index is 0. The molecule has 2 aromatic rings. The largest absolute Gasteiger partial charge is 0.387 e. The van der Waals surface area contributed by atoms with Gasteiger partial charge >= 0.3 is 0 Å². The molecule has 0 spiro atoms. The summed E-state index contributed by atoms with van der Waals surface area (Å²) in [5.74, 6) is 0.625. The lowest BCUT2D eigenvalue weighted by molar-refractivity contribution is 0.181. The quantitative estimate of drug-likeness (QED) is 0.294. The molecule has 1 heterocycles. The van der Waals surface area contributed by atoms with Crippen molar-refractivity contribution in [2.24, 2.45) is 4.99 Å².